The Morgan fingerprint density at radius 1 is 1.38 bits per heavy atom. The normalized spacial score (nSPS) is 19.6. The van der Waals surface area contributed by atoms with E-state index in [-0.39, 0.29) is 0 Å². The lowest BCUT2D eigenvalue weighted by molar-refractivity contribution is 0.00304. The van der Waals surface area contributed by atoms with E-state index in [1.807, 2.05) is 19.2 Å². The highest BCUT2D eigenvalue weighted by atomic mass is 16.5. The zero-order valence-electron chi connectivity index (χ0n) is 13.3. The minimum Gasteiger partial charge on any atom is -0.492 e. The Hall–Kier alpha value is -1.10. The van der Waals surface area contributed by atoms with E-state index in [0.29, 0.717) is 6.10 Å². The van der Waals surface area contributed by atoms with Gasteiger partial charge in [-0.25, -0.2) is 0 Å². The molecule has 0 spiro atoms. The summed E-state index contributed by atoms with van der Waals surface area (Å²) in [6.07, 6.45) is 2.82. The zero-order valence-corrected chi connectivity index (χ0v) is 13.3. The predicted octanol–water partition coefficient (Wildman–Crippen LogP) is 2.29. The molecule has 1 aliphatic rings. The Kier molecular flexibility index (Phi) is 7.00. The van der Waals surface area contributed by atoms with Crippen LogP contribution in [0.5, 0.6) is 5.75 Å². The Balaban J connectivity index is 1.72. The number of likely N-dealkylation sites (tertiary alicyclic amines) is 1. The molecule has 1 N–H and O–H groups in total. The van der Waals surface area contributed by atoms with Crippen LogP contribution < -0.4 is 10.1 Å². The van der Waals surface area contributed by atoms with Crippen molar-refractivity contribution in [3.63, 3.8) is 0 Å². The maximum absolute atomic E-state index is 5.88. The van der Waals surface area contributed by atoms with Crippen molar-refractivity contribution in [1.29, 1.82) is 0 Å². The van der Waals surface area contributed by atoms with E-state index in [2.05, 4.69) is 29.3 Å². The highest BCUT2D eigenvalue weighted by Crippen LogP contribution is 2.15. The third-order valence-corrected chi connectivity index (χ3v) is 3.82. The fourth-order valence-electron chi connectivity index (χ4n) is 2.83. The van der Waals surface area contributed by atoms with Crippen molar-refractivity contribution in [2.45, 2.75) is 32.4 Å². The van der Waals surface area contributed by atoms with Crippen molar-refractivity contribution in [3.05, 3.63) is 29.8 Å². The van der Waals surface area contributed by atoms with Gasteiger partial charge in [-0.15, -0.1) is 0 Å². The lowest BCUT2D eigenvalue weighted by Crippen LogP contribution is -2.41. The van der Waals surface area contributed by atoms with Gasteiger partial charge in [0.15, 0.2) is 0 Å². The lowest BCUT2D eigenvalue weighted by Gasteiger charge is -2.32. The molecule has 4 heteroatoms. The molecule has 0 radical (unpaired) electrons. The molecule has 2 rings (SSSR count). The molecule has 21 heavy (non-hydrogen) atoms. The highest BCUT2D eigenvalue weighted by molar-refractivity contribution is 5.28. The van der Waals surface area contributed by atoms with Crippen molar-refractivity contribution in [2.24, 2.45) is 0 Å². The second-order valence-electron chi connectivity index (χ2n) is 5.55. The fraction of sp³-hybridized carbons (Fsp3) is 0.647. The highest BCUT2D eigenvalue weighted by Gasteiger charge is 2.19. The summed E-state index contributed by atoms with van der Waals surface area (Å²) >= 11 is 0. The van der Waals surface area contributed by atoms with Crippen molar-refractivity contribution in [3.8, 4) is 5.75 Å². The minimum atomic E-state index is 0.405. The van der Waals surface area contributed by atoms with E-state index in [4.69, 9.17) is 9.47 Å². The topological polar surface area (TPSA) is 33.7 Å². The molecule has 0 amide bonds. The standard InChI is InChI=1S/C17H28N2O2/c1-3-20-17-8-5-9-19(14-17)10-11-21-16-7-4-6-15(12-16)13-18-2/h4,6-7,12,17-18H,3,5,8-11,13-14H2,1-2H3. The number of hydrogen-bond donors (Lipinski definition) is 1. The first-order chi connectivity index (χ1) is 10.3. The predicted molar refractivity (Wildman–Crippen MR) is 85.8 cm³/mol. The Morgan fingerprint density at radius 2 is 2.29 bits per heavy atom. The third kappa shape index (κ3) is 5.65. The summed E-state index contributed by atoms with van der Waals surface area (Å²) in [6, 6.07) is 8.29. The van der Waals surface area contributed by atoms with Crippen LogP contribution in [0, 0.1) is 0 Å². The van der Waals surface area contributed by atoms with Crippen LogP contribution in [-0.2, 0) is 11.3 Å². The van der Waals surface area contributed by atoms with Crippen LogP contribution in [0.25, 0.3) is 0 Å². The molecular weight excluding hydrogens is 264 g/mol. The van der Waals surface area contributed by atoms with Gasteiger partial charge in [0, 0.05) is 26.2 Å². The average Bonchev–Trinajstić information content (AvgIpc) is 2.49. The SMILES string of the molecule is CCOC1CCCN(CCOc2cccc(CNC)c2)C1. The average molecular weight is 292 g/mol. The van der Waals surface area contributed by atoms with Crippen LogP contribution in [0.3, 0.4) is 0 Å². The van der Waals surface area contributed by atoms with Gasteiger partial charge in [0.1, 0.15) is 12.4 Å². The number of nitrogens with one attached hydrogen (secondary N) is 1. The first kappa shape index (κ1) is 16.3. The lowest BCUT2D eigenvalue weighted by atomic mass is 10.1. The molecule has 1 unspecified atom stereocenters. The van der Waals surface area contributed by atoms with Gasteiger partial charge in [0.25, 0.3) is 0 Å². The first-order valence-corrected chi connectivity index (χ1v) is 8.02. The Bertz CT molecular complexity index is 410. The van der Waals surface area contributed by atoms with Gasteiger partial charge in [0.2, 0.25) is 0 Å². The first-order valence-electron chi connectivity index (χ1n) is 8.02. The smallest absolute Gasteiger partial charge is 0.119 e. The molecule has 1 fully saturated rings. The molecule has 1 aromatic carbocycles. The van der Waals surface area contributed by atoms with Gasteiger partial charge >= 0.3 is 0 Å². The van der Waals surface area contributed by atoms with Crippen LogP contribution >= 0.6 is 0 Å². The van der Waals surface area contributed by atoms with Crippen molar-refractivity contribution in [2.75, 3.05) is 39.9 Å². The minimum absolute atomic E-state index is 0.405. The molecule has 4 nitrogen and oxygen atoms in total. The quantitative estimate of drug-likeness (QED) is 0.797. The van der Waals surface area contributed by atoms with E-state index >= 15 is 0 Å². The van der Waals surface area contributed by atoms with Crippen LogP contribution in [0.4, 0.5) is 0 Å². The second-order valence-corrected chi connectivity index (χ2v) is 5.55. The molecule has 1 aromatic rings. The van der Waals surface area contributed by atoms with Gasteiger partial charge in [0.05, 0.1) is 6.10 Å². The number of nitrogens with zero attached hydrogens (tertiary/aromatic N) is 1. The van der Waals surface area contributed by atoms with Crippen LogP contribution in [0.1, 0.15) is 25.3 Å². The van der Waals surface area contributed by atoms with Gasteiger partial charge in [-0.05, 0) is 51.1 Å². The second kappa shape index (κ2) is 9.03. The molecule has 1 atom stereocenters. The summed E-state index contributed by atoms with van der Waals surface area (Å²) in [5, 5.41) is 3.16. The van der Waals surface area contributed by atoms with Gasteiger partial charge < -0.3 is 14.8 Å². The van der Waals surface area contributed by atoms with Gasteiger partial charge in [-0.1, -0.05) is 12.1 Å². The summed E-state index contributed by atoms with van der Waals surface area (Å²) in [5.41, 5.74) is 1.25. The van der Waals surface area contributed by atoms with E-state index in [1.165, 1.54) is 18.4 Å². The van der Waals surface area contributed by atoms with Gasteiger partial charge in [-0.3, -0.25) is 4.90 Å². The van der Waals surface area contributed by atoms with Crippen molar-refractivity contribution >= 4 is 0 Å². The summed E-state index contributed by atoms with van der Waals surface area (Å²) in [4.78, 5) is 2.45. The van der Waals surface area contributed by atoms with Crippen molar-refractivity contribution < 1.29 is 9.47 Å². The monoisotopic (exact) mass is 292 g/mol. The number of hydrogen-bond acceptors (Lipinski definition) is 4. The maximum atomic E-state index is 5.88. The zero-order chi connectivity index (χ0) is 14.9. The largest absolute Gasteiger partial charge is 0.492 e. The number of benzene rings is 1. The van der Waals surface area contributed by atoms with E-state index < -0.39 is 0 Å². The molecular formula is C17H28N2O2. The molecule has 1 heterocycles. The third-order valence-electron chi connectivity index (χ3n) is 3.82. The molecule has 1 aliphatic heterocycles. The molecule has 0 aromatic heterocycles. The van der Waals surface area contributed by atoms with Crippen molar-refractivity contribution in [1.82, 2.24) is 10.2 Å². The summed E-state index contributed by atoms with van der Waals surface area (Å²) < 4.78 is 11.6. The van der Waals surface area contributed by atoms with E-state index in [1.54, 1.807) is 0 Å². The molecule has 0 bridgehead atoms. The fourth-order valence-corrected chi connectivity index (χ4v) is 2.83. The van der Waals surface area contributed by atoms with Crippen LogP contribution in [0.15, 0.2) is 24.3 Å². The molecule has 1 saturated heterocycles. The summed E-state index contributed by atoms with van der Waals surface area (Å²) in [6.45, 7) is 7.66. The number of rotatable bonds is 8. The van der Waals surface area contributed by atoms with E-state index in [9.17, 15) is 0 Å². The molecule has 118 valence electrons. The molecule has 0 saturated carbocycles. The number of ether oxygens (including phenoxy) is 2. The van der Waals surface area contributed by atoms with Gasteiger partial charge in [-0.2, -0.15) is 0 Å². The molecule has 0 aliphatic carbocycles. The Morgan fingerprint density at radius 3 is 3.10 bits per heavy atom. The van der Waals surface area contributed by atoms with E-state index in [0.717, 1.165) is 45.1 Å². The van der Waals surface area contributed by atoms with Crippen LogP contribution in [-0.4, -0.2) is 50.9 Å². The van der Waals surface area contributed by atoms with Crippen LogP contribution in [0.2, 0.25) is 0 Å². The Labute approximate surface area is 128 Å². The maximum Gasteiger partial charge on any atom is 0.119 e. The number of piperidine rings is 1. The summed E-state index contributed by atoms with van der Waals surface area (Å²) in [7, 11) is 1.96. The summed E-state index contributed by atoms with van der Waals surface area (Å²) in [5.74, 6) is 0.959.